The first-order valence-electron chi connectivity index (χ1n) is 11.2. The van der Waals surface area contributed by atoms with Crippen molar-refractivity contribution in [1.29, 1.82) is 5.26 Å². The molecule has 8 nitrogen and oxygen atoms in total. The number of hydrogen-bond donors (Lipinski definition) is 3. The van der Waals surface area contributed by atoms with Crippen molar-refractivity contribution in [3.63, 3.8) is 0 Å². The standard InChI is InChI=1S/C23H30FN7O/c1-15-6-7-19(24)18-13-20(29-21(15)18)22(32)28-16-4-3-5-17(12-16)30-8-10-31(11-9-30)23(26-2)27-14-25/h6-7,13,16-17,29H,3-5,8-12H2,1-2H3,(H,26,27)(H,28,32)/t16-,17-/m1/s1. The molecule has 2 fully saturated rings. The lowest BCUT2D eigenvalue weighted by molar-refractivity contribution is 0.0821. The Labute approximate surface area is 187 Å². The minimum Gasteiger partial charge on any atom is -0.350 e. The van der Waals surface area contributed by atoms with Crippen LogP contribution in [0.2, 0.25) is 0 Å². The van der Waals surface area contributed by atoms with E-state index in [9.17, 15) is 9.18 Å². The van der Waals surface area contributed by atoms with E-state index in [0.29, 0.717) is 28.6 Å². The first-order valence-corrected chi connectivity index (χ1v) is 11.2. The predicted molar refractivity (Wildman–Crippen MR) is 122 cm³/mol. The molecular formula is C23H30FN7O. The number of fused-ring (bicyclic) bond motifs is 1. The van der Waals surface area contributed by atoms with Crippen molar-refractivity contribution < 1.29 is 9.18 Å². The van der Waals surface area contributed by atoms with Crippen LogP contribution in [0.1, 0.15) is 41.7 Å². The molecule has 1 aromatic heterocycles. The number of aromatic nitrogens is 1. The van der Waals surface area contributed by atoms with Crippen molar-refractivity contribution >= 4 is 22.8 Å². The molecule has 4 rings (SSSR count). The van der Waals surface area contributed by atoms with Gasteiger partial charge in [-0.3, -0.25) is 20.0 Å². The molecule has 32 heavy (non-hydrogen) atoms. The Kier molecular flexibility index (Phi) is 6.61. The summed E-state index contributed by atoms with van der Waals surface area (Å²) in [5.74, 6) is 0.117. The number of nitriles is 1. The first kappa shape index (κ1) is 22.1. The van der Waals surface area contributed by atoms with E-state index in [2.05, 4.69) is 30.4 Å². The summed E-state index contributed by atoms with van der Waals surface area (Å²) in [4.78, 5) is 24.7. The number of carbonyl (C=O) groups excluding carboxylic acids is 1. The highest BCUT2D eigenvalue weighted by atomic mass is 19.1. The lowest BCUT2D eigenvalue weighted by atomic mass is 9.89. The topological polar surface area (TPSA) is 99.5 Å². The van der Waals surface area contributed by atoms with Crippen molar-refractivity contribution in [3.05, 3.63) is 35.3 Å². The van der Waals surface area contributed by atoms with E-state index in [4.69, 9.17) is 5.26 Å². The number of aliphatic imine (C=N–C) groups is 1. The average Bonchev–Trinajstić information content (AvgIpc) is 3.28. The first-order chi connectivity index (χ1) is 15.5. The Hall–Kier alpha value is -3.12. The van der Waals surface area contributed by atoms with Gasteiger partial charge >= 0.3 is 0 Å². The van der Waals surface area contributed by atoms with Crippen LogP contribution in [0.5, 0.6) is 0 Å². The van der Waals surface area contributed by atoms with Crippen LogP contribution in [0.15, 0.2) is 23.2 Å². The number of hydrogen-bond acceptors (Lipinski definition) is 4. The third-order valence-corrected chi connectivity index (χ3v) is 6.69. The minimum absolute atomic E-state index is 0.102. The van der Waals surface area contributed by atoms with Gasteiger partial charge in [0, 0.05) is 50.7 Å². The number of carbonyl (C=O) groups is 1. The van der Waals surface area contributed by atoms with Crippen molar-refractivity contribution in [2.24, 2.45) is 4.99 Å². The molecule has 2 atom stereocenters. The molecule has 1 saturated carbocycles. The lowest BCUT2D eigenvalue weighted by Crippen LogP contribution is -2.56. The zero-order valence-corrected chi connectivity index (χ0v) is 18.6. The van der Waals surface area contributed by atoms with E-state index >= 15 is 0 Å². The van der Waals surface area contributed by atoms with Crippen LogP contribution < -0.4 is 10.6 Å². The second-order valence-corrected chi connectivity index (χ2v) is 8.63. The van der Waals surface area contributed by atoms with Gasteiger partial charge < -0.3 is 15.2 Å². The van der Waals surface area contributed by atoms with E-state index < -0.39 is 0 Å². The fourth-order valence-electron chi connectivity index (χ4n) is 4.96. The molecule has 0 spiro atoms. The van der Waals surface area contributed by atoms with Gasteiger partial charge in [-0.25, -0.2) is 4.39 Å². The fourth-order valence-corrected chi connectivity index (χ4v) is 4.96. The number of guanidine groups is 1. The maximum absolute atomic E-state index is 14.1. The molecule has 2 aliphatic rings. The molecular weight excluding hydrogens is 409 g/mol. The minimum atomic E-state index is -0.320. The average molecular weight is 440 g/mol. The number of nitrogens with one attached hydrogen (secondary N) is 3. The number of H-pyrrole nitrogens is 1. The van der Waals surface area contributed by atoms with Gasteiger partial charge in [0.25, 0.3) is 5.91 Å². The summed E-state index contributed by atoms with van der Waals surface area (Å²) in [6.45, 7) is 5.33. The second kappa shape index (κ2) is 9.57. The summed E-state index contributed by atoms with van der Waals surface area (Å²) in [6, 6.07) is 5.28. The van der Waals surface area contributed by atoms with Gasteiger partial charge in [0.15, 0.2) is 6.19 Å². The number of halogens is 1. The molecule has 3 N–H and O–H groups in total. The summed E-state index contributed by atoms with van der Waals surface area (Å²) in [5.41, 5.74) is 1.99. The third kappa shape index (κ3) is 4.55. The molecule has 1 aliphatic carbocycles. The van der Waals surface area contributed by atoms with E-state index in [-0.39, 0.29) is 17.8 Å². The second-order valence-electron chi connectivity index (χ2n) is 8.63. The molecule has 0 bridgehead atoms. The Morgan fingerprint density at radius 3 is 2.75 bits per heavy atom. The zero-order valence-electron chi connectivity index (χ0n) is 18.6. The Morgan fingerprint density at radius 1 is 1.28 bits per heavy atom. The molecule has 0 radical (unpaired) electrons. The number of aromatic amines is 1. The molecule has 170 valence electrons. The van der Waals surface area contributed by atoms with E-state index in [0.717, 1.165) is 57.4 Å². The maximum Gasteiger partial charge on any atom is 0.267 e. The van der Waals surface area contributed by atoms with Crippen LogP contribution >= 0.6 is 0 Å². The van der Waals surface area contributed by atoms with Crippen LogP contribution in [0.3, 0.4) is 0 Å². The number of benzene rings is 1. The molecule has 2 heterocycles. The predicted octanol–water partition coefficient (Wildman–Crippen LogP) is 2.33. The van der Waals surface area contributed by atoms with E-state index in [1.54, 1.807) is 19.2 Å². The summed E-state index contributed by atoms with van der Waals surface area (Å²) < 4.78 is 14.1. The van der Waals surface area contributed by atoms with Crippen LogP contribution in [-0.4, -0.2) is 72.0 Å². The third-order valence-electron chi connectivity index (χ3n) is 6.69. The van der Waals surface area contributed by atoms with Gasteiger partial charge in [0.1, 0.15) is 11.5 Å². The zero-order chi connectivity index (χ0) is 22.7. The lowest BCUT2D eigenvalue weighted by Gasteiger charge is -2.42. The summed E-state index contributed by atoms with van der Waals surface area (Å²) in [7, 11) is 1.68. The van der Waals surface area contributed by atoms with Crippen LogP contribution in [0.4, 0.5) is 4.39 Å². The van der Waals surface area contributed by atoms with Gasteiger partial charge in [-0.15, -0.1) is 0 Å². The van der Waals surface area contributed by atoms with Crippen LogP contribution in [-0.2, 0) is 0 Å². The smallest absolute Gasteiger partial charge is 0.267 e. The highest BCUT2D eigenvalue weighted by molar-refractivity contribution is 5.99. The van der Waals surface area contributed by atoms with Crippen LogP contribution in [0.25, 0.3) is 10.9 Å². The SMILES string of the molecule is CN=C(NC#N)N1CCN([C@@H]2CCC[C@@H](NC(=O)c3cc4c(F)ccc(C)c4[nH]3)C2)CC1. The number of piperazine rings is 1. The van der Waals surface area contributed by atoms with Crippen molar-refractivity contribution in [2.75, 3.05) is 33.2 Å². The normalized spacial score (nSPS) is 22.6. The molecule has 1 saturated heterocycles. The quantitative estimate of drug-likeness (QED) is 0.295. The monoisotopic (exact) mass is 439 g/mol. The molecule has 0 unspecified atom stereocenters. The molecule has 2 aromatic rings. The molecule has 1 amide bonds. The highest BCUT2D eigenvalue weighted by Crippen LogP contribution is 2.26. The van der Waals surface area contributed by atoms with Crippen molar-refractivity contribution in [1.82, 2.24) is 25.4 Å². The largest absolute Gasteiger partial charge is 0.350 e. The van der Waals surface area contributed by atoms with Gasteiger partial charge in [0.05, 0.1) is 5.52 Å². The number of aryl methyl sites for hydroxylation is 1. The summed E-state index contributed by atoms with van der Waals surface area (Å²) in [6.07, 6.45) is 5.99. The molecule has 1 aromatic carbocycles. The maximum atomic E-state index is 14.1. The number of rotatable bonds is 3. The molecule has 9 heteroatoms. The van der Waals surface area contributed by atoms with Gasteiger partial charge in [0.2, 0.25) is 5.96 Å². The van der Waals surface area contributed by atoms with Crippen molar-refractivity contribution in [3.8, 4) is 6.19 Å². The van der Waals surface area contributed by atoms with Gasteiger partial charge in [-0.05, 0) is 50.3 Å². The van der Waals surface area contributed by atoms with E-state index in [1.165, 1.54) is 6.07 Å². The number of amides is 1. The highest BCUT2D eigenvalue weighted by Gasteiger charge is 2.30. The van der Waals surface area contributed by atoms with Gasteiger partial charge in [-0.2, -0.15) is 5.26 Å². The summed E-state index contributed by atoms with van der Waals surface area (Å²) >= 11 is 0. The molecule has 1 aliphatic heterocycles. The summed E-state index contributed by atoms with van der Waals surface area (Å²) in [5, 5.41) is 15.1. The van der Waals surface area contributed by atoms with Crippen molar-refractivity contribution in [2.45, 2.75) is 44.7 Å². The number of nitrogens with zero attached hydrogens (tertiary/aromatic N) is 4. The fraction of sp³-hybridized carbons (Fsp3) is 0.522. The van der Waals surface area contributed by atoms with Crippen LogP contribution in [0, 0.1) is 24.2 Å². The van der Waals surface area contributed by atoms with E-state index in [1.807, 2.05) is 13.1 Å². The van der Waals surface area contributed by atoms with Gasteiger partial charge in [-0.1, -0.05) is 6.07 Å². The Bertz CT molecular complexity index is 1010. The Balaban J connectivity index is 1.35. The Morgan fingerprint density at radius 2 is 2.06 bits per heavy atom.